The highest BCUT2D eigenvalue weighted by atomic mass is 16.6. The third-order valence-corrected chi connectivity index (χ3v) is 4.93. The van der Waals surface area contributed by atoms with Crippen molar-refractivity contribution in [1.29, 1.82) is 0 Å². The van der Waals surface area contributed by atoms with Crippen LogP contribution in [0.4, 0.5) is 11.4 Å². The Bertz CT molecular complexity index is 962. The van der Waals surface area contributed by atoms with Gasteiger partial charge in [0.1, 0.15) is 5.69 Å². The van der Waals surface area contributed by atoms with Gasteiger partial charge in [-0.25, -0.2) is 0 Å². The predicted octanol–water partition coefficient (Wildman–Crippen LogP) is 3.28. The molecule has 0 N–H and O–H groups in total. The molecule has 8 nitrogen and oxygen atoms in total. The molecule has 2 aromatic carbocycles. The minimum Gasteiger partial charge on any atom is -0.363 e. The monoisotopic (exact) mass is 379 g/mol. The van der Waals surface area contributed by atoms with Crippen molar-refractivity contribution >= 4 is 11.4 Å². The molecular formula is C20H21N5O3. The summed E-state index contributed by atoms with van der Waals surface area (Å²) in [6.07, 6.45) is 0. The van der Waals surface area contributed by atoms with E-state index in [1.54, 1.807) is 18.2 Å². The molecule has 0 spiro atoms. The Hall–Kier alpha value is -3.26. The van der Waals surface area contributed by atoms with Gasteiger partial charge >= 0.3 is 0 Å². The standard InChI is InChI=1S/C20H21N5O3/c1-15-6-8-16(9-7-15)20-21-19(28-22-20)14-23-10-12-24(13-11-23)17-4-2-3-5-18(17)25(26)27/h2-9H,10-14H2,1H3. The Kier molecular flexibility index (Phi) is 5.03. The van der Waals surface area contributed by atoms with Gasteiger partial charge < -0.3 is 9.42 Å². The van der Waals surface area contributed by atoms with Crippen molar-refractivity contribution in [3.8, 4) is 11.4 Å². The topological polar surface area (TPSA) is 88.5 Å². The fourth-order valence-electron chi connectivity index (χ4n) is 3.36. The molecule has 0 aliphatic carbocycles. The Morgan fingerprint density at radius 2 is 1.79 bits per heavy atom. The molecule has 0 amide bonds. The van der Waals surface area contributed by atoms with Crippen molar-refractivity contribution in [2.45, 2.75) is 13.5 Å². The first-order valence-corrected chi connectivity index (χ1v) is 9.20. The Balaban J connectivity index is 1.38. The van der Waals surface area contributed by atoms with Gasteiger partial charge in [0, 0.05) is 37.8 Å². The molecule has 1 aromatic heterocycles. The molecule has 8 heteroatoms. The number of benzene rings is 2. The van der Waals surface area contributed by atoms with Gasteiger partial charge in [0.2, 0.25) is 11.7 Å². The van der Waals surface area contributed by atoms with Crippen molar-refractivity contribution in [1.82, 2.24) is 15.0 Å². The summed E-state index contributed by atoms with van der Waals surface area (Å²) < 4.78 is 5.41. The highest BCUT2D eigenvalue weighted by Crippen LogP contribution is 2.28. The lowest BCUT2D eigenvalue weighted by molar-refractivity contribution is -0.384. The highest BCUT2D eigenvalue weighted by Gasteiger charge is 2.24. The van der Waals surface area contributed by atoms with E-state index in [0.29, 0.717) is 37.0 Å². The van der Waals surface area contributed by atoms with Crippen LogP contribution in [-0.2, 0) is 6.54 Å². The van der Waals surface area contributed by atoms with Crippen molar-refractivity contribution in [3.05, 3.63) is 70.1 Å². The van der Waals surface area contributed by atoms with Gasteiger partial charge in [0.25, 0.3) is 5.69 Å². The molecule has 1 aliphatic heterocycles. The van der Waals surface area contributed by atoms with E-state index in [-0.39, 0.29) is 10.6 Å². The van der Waals surface area contributed by atoms with E-state index in [1.807, 2.05) is 37.3 Å². The second-order valence-electron chi connectivity index (χ2n) is 6.89. The predicted molar refractivity (Wildman–Crippen MR) is 105 cm³/mol. The number of nitro benzene ring substituents is 1. The number of anilines is 1. The molecule has 0 atom stereocenters. The Morgan fingerprint density at radius 1 is 1.07 bits per heavy atom. The van der Waals surface area contributed by atoms with Crippen LogP contribution >= 0.6 is 0 Å². The SMILES string of the molecule is Cc1ccc(-c2noc(CN3CCN(c4ccccc4[N+](=O)[O-])CC3)n2)cc1. The highest BCUT2D eigenvalue weighted by molar-refractivity contribution is 5.63. The minimum atomic E-state index is -0.327. The average Bonchev–Trinajstić information content (AvgIpc) is 3.17. The zero-order valence-corrected chi connectivity index (χ0v) is 15.6. The van der Waals surface area contributed by atoms with Crippen LogP contribution in [0, 0.1) is 17.0 Å². The molecule has 1 saturated heterocycles. The van der Waals surface area contributed by atoms with E-state index in [2.05, 4.69) is 19.9 Å². The summed E-state index contributed by atoms with van der Waals surface area (Å²) in [5.74, 6) is 1.17. The van der Waals surface area contributed by atoms with Gasteiger partial charge in [0.15, 0.2) is 0 Å². The minimum absolute atomic E-state index is 0.149. The maximum Gasteiger partial charge on any atom is 0.292 e. The number of rotatable bonds is 5. The van der Waals surface area contributed by atoms with Crippen molar-refractivity contribution in [2.24, 2.45) is 0 Å². The van der Waals surface area contributed by atoms with Gasteiger partial charge in [-0.3, -0.25) is 15.0 Å². The maximum atomic E-state index is 11.2. The number of aryl methyl sites for hydroxylation is 1. The summed E-state index contributed by atoms with van der Waals surface area (Å²) in [5.41, 5.74) is 2.94. The summed E-state index contributed by atoms with van der Waals surface area (Å²) in [6, 6.07) is 14.9. The van der Waals surface area contributed by atoms with Crippen LogP contribution in [0.25, 0.3) is 11.4 Å². The van der Waals surface area contributed by atoms with Crippen LogP contribution in [0.15, 0.2) is 53.1 Å². The zero-order chi connectivity index (χ0) is 19.5. The third-order valence-electron chi connectivity index (χ3n) is 4.93. The van der Waals surface area contributed by atoms with Crippen LogP contribution in [0.5, 0.6) is 0 Å². The Labute approximate surface area is 162 Å². The van der Waals surface area contributed by atoms with Crippen LogP contribution in [0.3, 0.4) is 0 Å². The number of hydrogen-bond donors (Lipinski definition) is 0. The zero-order valence-electron chi connectivity index (χ0n) is 15.6. The van der Waals surface area contributed by atoms with Crippen molar-refractivity contribution < 1.29 is 9.45 Å². The second-order valence-corrected chi connectivity index (χ2v) is 6.89. The van der Waals surface area contributed by atoms with Gasteiger partial charge in [-0.05, 0) is 13.0 Å². The molecule has 2 heterocycles. The van der Waals surface area contributed by atoms with Crippen LogP contribution in [-0.4, -0.2) is 46.1 Å². The molecular weight excluding hydrogens is 358 g/mol. The summed E-state index contributed by atoms with van der Waals surface area (Å²) in [6.45, 7) is 5.58. The van der Waals surface area contributed by atoms with E-state index < -0.39 is 0 Å². The summed E-state index contributed by atoms with van der Waals surface area (Å²) in [7, 11) is 0. The summed E-state index contributed by atoms with van der Waals surface area (Å²) in [5, 5.41) is 15.3. The maximum absolute atomic E-state index is 11.2. The number of aromatic nitrogens is 2. The van der Waals surface area contributed by atoms with E-state index >= 15 is 0 Å². The lowest BCUT2D eigenvalue weighted by atomic mass is 10.1. The molecule has 1 fully saturated rings. The fraction of sp³-hybridized carbons (Fsp3) is 0.300. The quantitative estimate of drug-likeness (QED) is 0.496. The molecule has 0 unspecified atom stereocenters. The third kappa shape index (κ3) is 3.86. The molecule has 144 valence electrons. The molecule has 0 radical (unpaired) electrons. The van der Waals surface area contributed by atoms with Crippen LogP contribution in [0.1, 0.15) is 11.5 Å². The first kappa shape index (κ1) is 18.1. The van der Waals surface area contributed by atoms with Gasteiger partial charge in [-0.15, -0.1) is 0 Å². The average molecular weight is 379 g/mol. The van der Waals surface area contributed by atoms with Crippen LogP contribution in [0.2, 0.25) is 0 Å². The largest absolute Gasteiger partial charge is 0.363 e. The molecule has 0 bridgehead atoms. The number of piperazine rings is 1. The molecule has 4 rings (SSSR count). The van der Waals surface area contributed by atoms with E-state index in [1.165, 1.54) is 5.56 Å². The molecule has 3 aromatic rings. The van der Waals surface area contributed by atoms with Gasteiger partial charge in [-0.2, -0.15) is 4.98 Å². The summed E-state index contributed by atoms with van der Waals surface area (Å²) >= 11 is 0. The van der Waals surface area contributed by atoms with E-state index in [9.17, 15) is 10.1 Å². The van der Waals surface area contributed by atoms with Gasteiger partial charge in [0.05, 0.1) is 11.5 Å². The lowest BCUT2D eigenvalue weighted by Crippen LogP contribution is -2.46. The van der Waals surface area contributed by atoms with Crippen molar-refractivity contribution in [2.75, 3.05) is 31.1 Å². The van der Waals surface area contributed by atoms with Gasteiger partial charge in [-0.1, -0.05) is 47.1 Å². The van der Waals surface area contributed by atoms with E-state index in [4.69, 9.17) is 4.52 Å². The van der Waals surface area contributed by atoms with E-state index in [0.717, 1.165) is 18.7 Å². The number of hydrogen-bond acceptors (Lipinski definition) is 7. The first-order chi connectivity index (χ1) is 13.6. The second kappa shape index (κ2) is 7.77. The summed E-state index contributed by atoms with van der Waals surface area (Å²) in [4.78, 5) is 19.7. The number of nitrogens with zero attached hydrogens (tertiary/aromatic N) is 5. The first-order valence-electron chi connectivity index (χ1n) is 9.20. The molecule has 0 saturated carbocycles. The lowest BCUT2D eigenvalue weighted by Gasteiger charge is -2.35. The smallest absolute Gasteiger partial charge is 0.292 e. The van der Waals surface area contributed by atoms with Crippen molar-refractivity contribution in [3.63, 3.8) is 0 Å². The fourth-order valence-corrected chi connectivity index (χ4v) is 3.36. The van der Waals surface area contributed by atoms with Crippen LogP contribution < -0.4 is 4.90 Å². The number of para-hydroxylation sites is 2. The number of nitro groups is 1. The Morgan fingerprint density at radius 3 is 2.50 bits per heavy atom. The molecule has 28 heavy (non-hydrogen) atoms. The molecule has 1 aliphatic rings. The normalized spacial score (nSPS) is 15.0.